The van der Waals surface area contributed by atoms with E-state index in [1.54, 1.807) is 17.1 Å². The van der Waals surface area contributed by atoms with Crippen molar-refractivity contribution in [2.75, 3.05) is 31.5 Å². The molecule has 2 aliphatic rings. The standard InChI is InChI=1S/C29H36N6O3.ClH/c36-27(37)17-26(23-18-31-35(20-23)25-10-2-1-3-11-25)33-29(38)22-8-5-15-34(19-22)16-6-9-24-13-12-21-7-4-14-30-28(21)32-24;/h1-3,10-13,18,20,22,26H,4-9,14-17,19H2,(H,30,32)(H,33,38)(H,36,37);1H. The summed E-state index contributed by atoms with van der Waals surface area (Å²) in [6, 6.07) is 13.3. The average Bonchev–Trinajstić information content (AvgIpc) is 3.44. The normalized spacial score (nSPS) is 17.8. The third-order valence-corrected chi connectivity index (χ3v) is 7.46. The SMILES string of the molecule is Cl.O=C(O)CC(NC(=O)C1CCCN(CCCc2ccc3c(n2)NCCC3)C1)c1cnn(-c2ccccc2)c1. The smallest absolute Gasteiger partial charge is 0.305 e. The van der Waals surface area contributed by atoms with E-state index in [2.05, 4.69) is 32.8 Å². The lowest BCUT2D eigenvalue weighted by molar-refractivity contribution is -0.138. The highest BCUT2D eigenvalue weighted by atomic mass is 35.5. The molecule has 39 heavy (non-hydrogen) atoms. The number of fused-ring (bicyclic) bond motifs is 1. The lowest BCUT2D eigenvalue weighted by Gasteiger charge is -2.32. The highest BCUT2D eigenvalue weighted by Crippen LogP contribution is 2.23. The summed E-state index contributed by atoms with van der Waals surface area (Å²) >= 11 is 0. The van der Waals surface area contributed by atoms with Crippen LogP contribution in [0, 0.1) is 5.92 Å². The van der Waals surface area contributed by atoms with Crippen molar-refractivity contribution in [3.8, 4) is 5.69 Å². The predicted molar refractivity (Wildman–Crippen MR) is 152 cm³/mol. The van der Waals surface area contributed by atoms with Crippen LogP contribution in [0.4, 0.5) is 5.82 Å². The number of aliphatic carboxylic acids is 1. The van der Waals surface area contributed by atoms with Crippen LogP contribution in [0.2, 0.25) is 0 Å². The molecule has 1 aromatic carbocycles. The molecule has 1 saturated heterocycles. The van der Waals surface area contributed by atoms with E-state index >= 15 is 0 Å². The van der Waals surface area contributed by atoms with Gasteiger partial charge in [0.15, 0.2) is 0 Å². The van der Waals surface area contributed by atoms with Gasteiger partial charge in [0.1, 0.15) is 5.82 Å². The predicted octanol–water partition coefficient (Wildman–Crippen LogP) is 4.02. The number of carbonyl (C=O) groups excluding carboxylic acids is 1. The third kappa shape index (κ3) is 7.58. The van der Waals surface area contributed by atoms with Crippen molar-refractivity contribution in [3.05, 3.63) is 71.7 Å². The van der Waals surface area contributed by atoms with Crippen LogP contribution in [0.5, 0.6) is 0 Å². The summed E-state index contributed by atoms with van der Waals surface area (Å²) in [6.07, 6.45) is 9.15. The van der Waals surface area contributed by atoms with E-state index in [-0.39, 0.29) is 30.7 Å². The van der Waals surface area contributed by atoms with Crippen LogP contribution < -0.4 is 10.6 Å². The number of rotatable bonds is 10. The zero-order valence-electron chi connectivity index (χ0n) is 22.1. The van der Waals surface area contributed by atoms with E-state index in [1.807, 2.05) is 30.3 Å². The fraction of sp³-hybridized carbons (Fsp3) is 0.448. The van der Waals surface area contributed by atoms with E-state index in [0.717, 1.165) is 75.4 Å². The molecule has 10 heteroatoms. The van der Waals surface area contributed by atoms with Crippen molar-refractivity contribution in [2.24, 2.45) is 5.92 Å². The molecule has 9 nitrogen and oxygen atoms in total. The summed E-state index contributed by atoms with van der Waals surface area (Å²) in [6.45, 7) is 3.57. The number of amides is 1. The summed E-state index contributed by atoms with van der Waals surface area (Å²) in [7, 11) is 0. The molecule has 3 N–H and O–H groups in total. The van der Waals surface area contributed by atoms with Crippen molar-refractivity contribution in [1.29, 1.82) is 0 Å². The van der Waals surface area contributed by atoms with Gasteiger partial charge in [-0.25, -0.2) is 9.67 Å². The minimum Gasteiger partial charge on any atom is -0.481 e. The van der Waals surface area contributed by atoms with Crippen molar-refractivity contribution in [1.82, 2.24) is 25.0 Å². The maximum absolute atomic E-state index is 13.2. The largest absolute Gasteiger partial charge is 0.481 e. The second kappa shape index (κ2) is 13.6. The first-order valence-corrected chi connectivity index (χ1v) is 13.6. The van der Waals surface area contributed by atoms with E-state index < -0.39 is 12.0 Å². The Morgan fingerprint density at radius 2 is 2.00 bits per heavy atom. The number of anilines is 1. The van der Waals surface area contributed by atoms with Crippen LogP contribution in [-0.4, -0.2) is 62.8 Å². The Morgan fingerprint density at radius 1 is 1.15 bits per heavy atom. The number of aromatic nitrogens is 3. The number of piperidine rings is 1. The van der Waals surface area contributed by atoms with Crippen molar-refractivity contribution in [3.63, 3.8) is 0 Å². The fourth-order valence-electron chi connectivity index (χ4n) is 5.42. The Kier molecular flexibility index (Phi) is 9.95. The van der Waals surface area contributed by atoms with Gasteiger partial charge in [-0.2, -0.15) is 5.10 Å². The number of likely N-dealkylation sites (tertiary alicyclic amines) is 1. The summed E-state index contributed by atoms with van der Waals surface area (Å²) in [5.41, 5.74) is 3.98. The van der Waals surface area contributed by atoms with Gasteiger partial charge in [0.25, 0.3) is 0 Å². The topological polar surface area (TPSA) is 112 Å². The highest BCUT2D eigenvalue weighted by molar-refractivity contribution is 5.85. The lowest BCUT2D eigenvalue weighted by Crippen LogP contribution is -2.44. The molecule has 0 aliphatic carbocycles. The van der Waals surface area contributed by atoms with Crippen molar-refractivity contribution >= 4 is 30.1 Å². The summed E-state index contributed by atoms with van der Waals surface area (Å²) in [5.74, 6) is -0.168. The zero-order valence-corrected chi connectivity index (χ0v) is 22.9. The number of halogens is 1. The fourth-order valence-corrected chi connectivity index (χ4v) is 5.42. The Hall–Kier alpha value is -3.43. The molecule has 2 atom stereocenters. The van der Waals surface area contributed by atoms with Gasteiger partial charge in [0.05, 0.1) is 30.3 Å². The summed E-state index contributed by atoms with van der Waals surface area (Å²) < 4.78 is 1.70. The third-order valence-electron chi connectivity index (χ3n) is 7.46. The van der Waals surface area contributed by atoms with Gasteiger partial charge >= 0.3 is 5.97 Å². The average molecular weight is 553 g/mol. The number of carbonyl (C=O) groups is 2. The van der Waals surface area contributed by atoms with Crippen LogP contribution in [0.25, 0.3) is 5.69 Å². The maximum Gasteiger partial charge on any atom is 0.305 e. The second-order valence-corrected chi connectivity index (χ2v) is 10.3. The van der Waals surface area contributed by atoms with E-state index in [4.69, 9.17) is 4.98 Å². The number of hydrogen-bond donors (Lipinski definition) is 3. The molecular formula is C29H37ClN6O3. The van der Waals surface area contributed by atoms with Crippen LogP contribution in [0.1, 0.15) is 55.0 Å². The van der Waals surface area contributed by atoms with Crippen LogP contribution in [-0.2, 0) is 22.4 Å². The molecule has 208 valence electrons. The molecule has 0 radical (unpaired) electrons. The molecule has 1 fully saturated rings. The Morgan fingerprint density at radius 3 is 2.82 bits per heavy atom. The summed E-state index contributed by atoms with van der Waals surface area (Å²) in [5, 5.41) is 20.3. The number of carboxylic acid groups (broad SMARTS) is 1. The molecule has 0 bridgehead atoms. The molecule has 0 spiro atoms. The van der Waals surface area contributed by atoms with Gasteiger partial charge in [-0.05, 0) is 75.4 Å². The number of aryl methyl sites for hydroxylation is 2. The molecule has 3 aromatic rings. The molecule has 2 aliphatic heterocycles. The van der Waals surface area contributed by atoms with Gasteiger partial charge in [-0.3, -0.25) is 9.59 Å². The monoisotopic (exact) mass is 552 g/mol. The lowest BCUT2D eigenvalue weighted by atomic mass is 9.95. The van der Waals surface area contributed by atoms with Gasteiger partial charge in [-0.15, -0.1) is 12.4 Å². The van der Waals surface area contributed by atoms with Crippen molar-refractivity contribution < 1.29 is 14.7 Å². The number of para-hydroxylation sites is 1. The molecule has 1 amide bonds. The van der Waals surface area contributed by atoms with Crippen LogP contribution >= 0.6 is 12.4 Å². The molecule has 5 rings (SSSR count). The minimum atomic E-state index is -0.959. The van der Waals surface area contributed by atoms with Gasteiger partial charge in [0.2, 0.25) is 5.91 Å². The number of nitrogens with one attached hydrogen (secondary N) is 2. The quantitative estimate of drug-likeness (QED) is 0.348. The number of benzene rings is 1. The van der Waals surface area contributed by atoms with Gasteiger partial charge in [0, 0.05) is 30.5 Å². The first-order chi connectivity index (χ1) is 18.5. The number of carboxylic acids is 1. The highest BCUT2D eigenvalue weighted by Gasteiger charge is 2.29. The van der Waals surface area contributed by atoms with Gasteiger partial charge in [-0.1, -0.05) is 24.3 Å². The van der Waals surface area contributed by atoms with Crippen LogP contribution in [0.15, 0.2) is 54.9 Å². The second-order valence-electron chi connectivity index (χ2n) is 10.3. The number of pyridine rings is 1. The molecule has 4 heterocycles. The Balaban J connectivity index is 0.00000353. The Labute approximate surface area is 235 Å². The molecule has 2 unspecified atom stereocenters. The molecule has 0 saturated carbocycles. The minimum absolute atomic E-state index is 0. The number of nitrogens with zero attached hydrogens (tertiary/aromatic N) is 4. The van der Waals surface area contributed by atoms with Gasteiger partial charge < -0.3 is 20.6 Å². The van der Waals surface area contributed by atoms with Crippen LogP contribution in [0.3, 0.4) is 0 Å². The summed E-state index contributed by atoms with van der Waals surface area (Å²) in [4.78, 5) is 32.0. The maximum atomic E-state index is 13.2. The van der Waals surface area contributed by atoms with E-state index in [1.165, 1.54) is 5.56 Å². The molecule has 2 aromatic heterocycles. The van der Waals surface area contributed by atoms with E-state index in [9.17, 15) is 14.7 Å². The Bertz CT molecular complexity index is 1250. The van der Waals surface area contributed by atoms with E-state index in [0.29, 0.717) is 12.1 Å². The van der Waals surface area contributed by atoms with Crippen molar-refractivity contribution in [2.45, 2.75) is 51.0 Å². The molecular weight excluding hydrogens is 516 g/mol. The zero-order chi connectivity index (χ0) is 26.3. The first kappa shape index (κ1) is 28.6. The first-order valence-electron chi connectivity index (χ1n) is 13.6. The number of hydrogen-bond acceptors (Lipinski definition) is 6.